The lowest BCUT2D eigenvalue weighted by Gasteiger charge is -2.30. The number of carbonyl (C=O) groups is 2. The molecule has 8 heteroatoms. The van der Waals surface area contributed by atoms with Gasteiger partial charge in [0.05, 0.1) is 4.90 Å². The molecule has 0 saturated heterocycles. The number of carboxylic acids is 1. The third kappa shape index (κ3) is 3.67. The van der Waals surface area contributed by atoms with Gasteiger partial charge in [-0.05, 0) is 45.0 Å². The number of sulfone groups is 1. The molecule has 0 heterocycles. The molecule has 0 aliphatic carbocycles. The van der Waals surface area contributed by atoms with Gasteiger partial charge in [-0.2, -0.15) is 0 Å². The number of hydrogen-bond acceptors (Lipinski definition) is 4. The van der Waals surface area contributed by atoms with Crippen LogP contribution in [-0.4, -0.2) is 48.1 Å². The van der Waals surface area contributed by atoms with Gasteiger partial charge in [0.25, 0.3) is 0 Å². The summed E-state index contributed by atoms with van der Waals surface area (Å²) in [5.41, 5.74) is 0. The number of carbonyl (C=O) groups excluding carboxylic acids is 1. The molecule has 0 saturated carbocycles. The molecular formula is C14H18BrNO5S. The molecule has 0 fully saturated rings. The first-order chi connectivity index (χ1) is 10.0. The van der Waals surface area contributed by atoms with Gasteiger partial charge in [-0.3, -0.25) is 9.59 Å². The van der Waals surface area contributed by atoms with E-state index in [0.717, 1.165) is 9.37 Å². The molecule has 0 aromatic heterocycles. The summed E-state index contributed by atoms with van der Waals surface area (Å²) in [4.78, 5) is 24.3. The SMILES string of the molecule is CCN(CC(=O)O)C(=O)C(C)(C)S(=O)(=O)c1ccc(Br)cc1. The highest BCUT2D eigenvalue weighted by atomic mass is 79.9. The summed E-state index contributed by atoms with van der Waals surface area (Å²) >= 11 is 3.22. The second kappa shape index (κ2) is 6.78. The lowest BCUT2D eigenvalue weighted by atomic mass is 10.1. The summed E-state index contributed by atoms with van der Waals surface area (Å²) in [6.45, 7) is 3.76. The highest BCUT2D eigenvalue weighted by molar-refractivity contribution is 9.10. The minimum Gasteiger partial charge on any atom is -0.480 e. The van der Waals surface area contributed by atoms with Crippen molar-refractivity contribution < 1.29 is 23.1 Å². The first-order valence-electron chi connectivity index (χ1n) is 6.55. The van der Waals surface area contributed by atoms with Crippen LogP contribution < -0.4 is 0 Å². The Hall–Kier alpha value is -1.41. The molecule has 0 unspecified atom stereocenters. The largest absolute Gasteiger partial charge is 0.480 e. The van der Waals surface area contributed by atoms with E-state index in [1.807, 2.05) is 0 Å². The van der Waals surface area contributed by atoms with E-state index in [9.17, 15) is 18.0 Å². The molecule has 0 spiro atoms. The van der Waals surface area contributed by atoms with Crippen molar-refractivity contribution >= 4 is 37.6 Å². The molecule has 22 heavy (non-hydrogen) atoms. The standard InChI is InChI=1S/C14H18BrNO5S/c1-4-16(9-12(17)18)13(19)14(2,3)22(20,21)11-7-5-10(15)6-8-11/h5-8H,4,9H2,1-3H3,(H,17,18). The normalized spacial score (nSPS) is 12.0. The fourth-order valence-electron chi connectivity index (χ4n) is 1.89. The number of rotatable bonds is 6. The Balaban J connectivity index is 3.22. The molecular weight excluding hydrogens is 374 g/mol. The van der Waals surface area contributed by atoms with Gasteiger partial charge in [0.1, 0.15) is 11.3 Å². The van der Waals surface area contributed by atoms with E-state index in [1.165, 1.54) is 26.0 Å². The van der Waals surface area contributed by atoms with Crippen molar-refractivity contribution in [2.24, 2.45) is 0 Å². The zero-order valence-corrected chi connectivity index (χ0v) is 14.9. The third-order valence-electron chi connectivity index (χ3n) is 3.31. The Morgan fingerprint density at radius 2 is 1.73 bits per heavy atom. The van der Waals surface area contributed by atoms with Gasteiger partial charge in [-0.15, -0.1) is 0 Å². The first kappa shape index (κ1) is 18.6. The maximum atomic E-state index is 12.7. The zero-order valence-electron chi connectivity index (χ0n) is 12.5. The number of halogens is 1. The molecule has 6 nitrogen and oxygen atoms in total. The molecule has 1 aromatic rings. The number of carboxylic acid groups (broad SMARTS) is 1. The van der Waals surface area contributed by atoms with E-state index in [-0.39, 0.29) is 11.4 Å². The van der Waals surface area contributed by atoms with Crippen LogP contribution in [0, 0.1) is 0 Å². The van der Waals surface area contributed by atoms with Gasteiger partial charge < -0.3 is 10.0 Å². The lowest BCUT2D eigenvalue weighted by molar-refractivity contribution is -0.145. The number of aliphatic carboxylic acids is 1. The highest BCUT2D eigenvalue weighted by Crippen LogP contribution is 2.28. The second-order valence-electron chi connectivity index (χ2n) is 5.18. The molecule has 122 valence electrons. The van der Waals surface area contributed by atoms with Crippen molar-refractivity contribution in [1.82, 2.24) is 4.90 Å². The van der Waals surface area contributed by atoms with Crippen molar-refractivity contribution in [3.05, 3.63) is 28.7 Å². The monoisotopic (exact) mass is 391 g/mol. The highest BCUT2D eigenvalue weighted by Gasteiger charge is 2.45. The van der Waals surface area contributed by atoms with E-state index in [0.29, 0.717) is 0 Å². The molecule has 0 radical (unpaired) electrons. The first-order valence-corrected chi connectivity index (χ1v) is 8.83. The van der Waals surface area contributed by atoms with Crippen LogP contribution in [0.3, 0.4) is 0 Å². The molecule has 0 atom stereocenters. The summed E-state index contributed by atoms with van der Waals surface area (Å²) in [5, 5.41) is 8.83. The van der Waals surface area contributed by atoms with E-state index in [2.05, 4.69) is 15.9 Å². The van der Waals surface area contributed by atoms with Crippen LogP contribution in [0.5, 0.6) is 0 Å². The Morgan fingerprint density at radius 3 is 2.14 bits per heavy atom. The average Bonchev–Trinajstić information content (AvgIpc) is 2.44. The maximum Gasteiger partial charge on any atom is 0.323 e. The van der Waals surface area contributed by atoms with Crippen molar-refractivity contribution in [1.29, 1.82) is 0 Å². The zero-order chi connectivity index (χ0) is 17.1. The smallest absolute Gasteiger partial charge is 0.323 e. The number of nitrogens with zero attached hydrogens (tertiary/aromatic N) is 1. The average molecular weight is 392 g/mol. The molecule has 1 rings (SSSR count). The number of benzene rings is 1. The molecule has 0 aliphatic rings. The molecule has 1 amide bonds. The minimum atomic E-state index is -3.95. The third-order valence-corrected chi connectivity index (χ3v) is 6.25. The van der Waals surface area contributed by atoms with Crippen LogP contribution in [-0.2, 0) is 19.4 Å². The van der Waals surface area contributed by atoms with E-state index < -0.39 is 33.0 Å². The number of hydrogen-bond donors (Lipinski definition) is 1. The predicted molar refractivity (Wildman–Crippen MR) is 85.3 cm³/mol. The summed E-state index contributed by atoms with van der Waals surface area (Å²) in [6.07, 6.45) is 0. The van der Waals surface area contributed by atoms with Crippen LogP contribution in [0.2, 0.25) is 0 Å². The Kier molecular flexibility index (Phi) is 5.75. The molecule has 1 aromatic carbocycles. The molecule has 1 N–H and O–H groups in total. The number of amides is 1. The Bertz CT molecular complexity index is 667. The van der Waals surface area contributed by atoms with Crippen molar-refractivity contribution in [2.45, 2.75) is 30.4 Å². The number of likely N-dealkylation sites (N-methyl/N-ethyl adjacent to an activating group) is 1. The van der Waals surface area contributed by atoms with Crippen LogP contribution in [0.25, 0.3) is 0 Å². The van der Waals surface area contributed by atoms with Gasteiger partial charge in [0.15, 0.2) is 9.84 Å². The van der Waals surface area contributed by atoms with Crippen molar-refractivity contribution in [3.63, 3.8) is 0 Å². The van der Waals surface area contributed by atoms with Crippen molar-refractivity contribution in [2.75, 3.05) is 13.1 Å². The predicted octanol–water partition coefficient (Wildman–Crippen LogP) is 1.93. The molecule has 0 aliphatic heterocycles. The Morgan fingerprint density at radius 1 is 1.23 bits per heavy atom. The van der Waals surface area contributed by atoms with Gasteiger partial charge in [0.2, 0.25) is 5.91 Å². The fourth-order valence-corrected chi connectivity index (χ4v) is 3.60. The molecule has 0 bridgehead atoms. The summed E-state index contributed by atoms with van der Waals surface area (Å²) < 4.78 is 24.4. The second-order valence-corrected chi connectivity index (χ2v) is 8.60. The van der Waals surface area contributed by atoms with E-state index >= 15 is 0 Å². The van der Waals surface area contributed by atoms with Gasteiger partial charge >= 0.3 is 5.97 Å². The Labute approximate surface area is 138 Å². The fraction of sp³-hybridized carbons (Fsp3) is 0.429. The van der Waals surface area contributed by atoms with Crippen molar-refractivity contribution in [3.8, 4) is 0 Å². The van der Waals surface area contributed by atoms with Crippen LogP contribution >= 0.6 is 15.9 Å². The minimum absolute atomic E-state index is 0.0143. The summed E-state index contributed by atoms with van der Waals surface area (Å²) in [7, 11) is -3.95. The lowest BCUT2D eigenvalue weighted by Crippen LogP contribution is -2.51. The summed E-state index contributed by atoms with van der Waals surface area (Å²) in [6, 6.07) is 5.95. The van der Waals surface area contributed by atoms with Crippen LogP contribution in [0.1, 0.15) is 20.8 Å². The van der Waals surface area contributed by atoms with Crippen LogP contribution in [0.4, 0.5) is 0 Å². The van der Waals surface area contributed by atoms with Gasteiger partial charge in [0, 0.05) is 11.0 Å². The van der Waals surface area contributed by atoms with E-state index in [4.69, 9.17) is 5.11 Å². The van der Waals surface area contributed by atoms with E-state index in [1.54, 1.807) is 19.1 Å². The summed E-state index contributed by atoms with van der Waals surface area (Å²) in [5.74, 6) is -1.92. The van der Waals surface area contributed by atoms with Gasteiger partial charge in [-0.25, -0.2) is 8.42 Å². The van der Waals surface area contributed by atoms with Gasteiger partial charge in [-0.1, -0.05) is 15.9 Å². The van der Waals surface area contributed by atoms with Crippen LogP contribution in [0.15, 0.2) is 33.6 Å². The maximum absolute atomic E-state index is 12.7. The quantitative estimate of drug-likeness (QED) is 0.799. The topological polar surface area (TPSA) is 91.8 Å².